The summed E-state index contributed by atoms with van der Waals surface area (Å²) >= 11 is 8.30. The first-order valence-electron chi connectivity index (χ1n) is 11.6. The predicted molar refractivity (Wildman–Crippen MR) is 145 cm³/mol. The second-order valence-electron chi connectivity index (χ2n) is 8.56. The molecular formula is C26H20ClFN6O2S2. The number of ketones is 1. The molecule has 0 bridgehead atoms. The third-order valence-corrected chi connectivity index (χ3v) is 8.45. The molecule has 1 amide bonds. The minimum absolute atomic E-state index is 0.0798. The van der Waals surface area contributed by atoms with Crippen LogP contribution in [-0.2, 0) is 9.59 Å². The van der Waals surface area contributed by atoms with Gasteiger partial charge in [0.25, 0.3) is 0 Å². The zero-order valence-electron chi connectivity index (χ0n) is 19.8. The summed E-state index contributed by atoms with van der Waals surface area (Å²) in [5, 5.41) is 22.3. The normalized spacial score (nSPS) is 17.3. The largest absolute Gasteiger partial charge is 0.384 e. The molecule has 3 N–H and O–H groups in total. The van der Waals surface area contributed by atoms with E-state index in [9.17, 15) is 19.2 Å². The number of rotatable bonds is 6. The highest BCUT2D eigenvalue weighted by molar-refractivity contribution is 8.01. The van der Waals surface area contributed by atoms with Crippen molar-refractivity contribution < 1.29 is 14.0 Å². The number of thioether (sulfide) groups is 1. The summed E-state index contributed by atoms with van der Waals surface area (Å²) in [5.74, 6) is -1.13. The predicted octanol–water partition coefficient (Wildman–Crippen LogP) is 5.37. The van der Waals surface area contributed by atoms with Crippen molar-refractivity contribution in [1.29, 1.82) is 5.26 Å². The van der Waals surface area contributed by atoms with Gasteiger partial charge in [0.05, 0.1) is 23.3 Å². The highest BCUT2D eigenvalue weighted by Gasteiger charge is 2.41. The van der Waals surface area contributed by atoms with Gasteiger partial charge in [-0.15, -0.1) is 10.2 Å². The van der Waals surface area contributed by atoms with Gasteiger partial charge in [0.15, 0.2) is 10.1 Å². The number of nitrogens with one attached hydrogen (secondary N) is 1. The lowest BCUT2D eigenvalue weighted by atomic mass is 9.76. The molecule has 8 nitrogen and oxygen atoms in total. The van der Waals surface area contributed by atoms with Crippen molar-refractivity contribution in [2.75, 3.05) is 16.0 Å². The SMILES string of the molecule is N#CC1=C(N)N(c2nnc(SCC(=O)Nc3ccc(Cl)cc3)s2)C2=C(C(=O)CCC2)C1c1ccc(F)cc1. The molecule has 2 heterocycles. The van der Waals surface area contributed by atoms with Crippen LogP contribution >= 0.6 is 34.7 Å². The maximum absolute atomic E-state index is 13.6. The number of allylic oxidation sites excluding steroid dienone is 3. The van der Waals surface area contributed by atoms with Crippen molar-refractivity contribution in [2.45, 2.75) is 29.5 Å². The Morgan fingerprint density at radius 2 is 1.95 bits per heavy atom. The molecule has 2 aliphatic rings. The molecule has 1 aromatic heterocycles. The molecule has 1 atom stereocenters. The number of hydrogen-bond donors (Lipinski definition) is 2. The van der Waals surface area contributed by atoms with Crippen molar-refractivity contribution in [3.8, 4) is 6.07 Å². The van der Waals surface area contributed by atoms with Gasteiger partial charge in [0, 0.05) is 28.4 Å². The molecule has 0 saturated heterocycles. The zero-order chi connectivity index (χ0) is 26.8. The van der Waals surface area contributed by atoms with Crippen LogP contribution in [0.4, 0.5) is 15.2 Å². The molecule has 1 aliphatic heterocycles. The van der Waals surface area contributed by atoms with Crippen LogP contribution in [0.15, 0.2) is 75.5 Å². The molecule has 1 unspecified atom stereocenters. The molecule has 3 aromatic rings. The fraction of sp³-hybridized carbons (Fsp3) is 0.192. The molecule has 0 saturated carbocycles. The van der Waals surface area contributed by atoms with Gasteiger partial charge in [-0.05, 0) is 54.8 Å². The van der Waals surface area contributed by atoms with E-state index in [2.05, 4.69) is 21.6 Å². The fourth-order valence-corrected chi connectivity index (χ4v) is 6.31. The fourth-order valence-electron chi connectivity index (χ4n) is 4.50. The Kier molecular flexibility index (Phi) is 7.46. The van der Waals surface area contributed by atoms with Crippen LogP contribution in [0.3, 0.4) is 0 Å². The van der Waals surface area contributed by atoms with E-state index in [1.54, 1.807) is 41.3 Å². The summed E-state index contributed by atoms with van der Waals surface area (Å²) in [6.45, 7) is 0. The number of carbonyl (C=O) groups is 2. The number of aromatic nitrogens is 2. The lowest BCUT2D eigenvalue weighted by Crippen LogP contribution is -2.38. The van der Waals surface area contributed by atoms with E-state index >= 15 is 0 Å². The van der Waals surface area contributed by atoms with Crippen molar-refractivity contribution in [3.63, 3.8) is 0 Å². The van der Waals surface area contributed by atoms with Crippen LogP contribution in [0.2, 0.25) is 5.02 Å². The molecule has 2 aromatic carbocycles. The number of carbonyl (C=O) groups excluding carboxylic acids is 2. The second-order valence-corrected chi connectivity index (χ2v) is 11.2. The monoisotopic (exact) mass is 566 g/mol. The second kappa shape index (κ2) is 10.9. The van der Waals surface area contributed by atoms with Gasteiger partial charge in [-0.2, -0.15) is 5.26 Å². The summed E-state index contributed by atoms with van der Waals surface area (Å²) in [6, 6.07) is 14.7. The molecule has 0 radical (unpaired) electrons. The van der Waals surface area contributed by atoms with Gasteiger partial charge in [-0.3, -0.25) is 14.5 Å². The third kappa shape index (κ3) is 5.15. The van der Waals surface area contributed by atoms with E-state index in [1.165, 1.54) is 35.2 Å². The average Bonchev–Trinajstić information content (AvgIpc) is 3.37. The van der Waals surface area contributed by atoms with Gasteiger partial charge in [-0.25, -0.2) is 4.39 Å². The van der Waals surface area contributed by atoms with E-state index in [0.29, 0.717) is 56.3 Å². The summed E-state index contributed by atoms with van der Waals surface area (Å²) in [6.07, 6.45) is 1.54. The first-order chi connectivity index (χ1) is 18.4. The number of halogens is 2. The van der Waals surface area contributed by atoms with Gasteiger partial charge >= 0.3 is 0 Å². The van der Waals surface area contributed by atoms with Crippen LogP contribution in [0, 0.1) is 17.1 Å². The Morgan fingerprint density at radius 3 is 2.66 bits per heavy atom. The molecule has 12 heteroatoms. The Labute approximate surface area is 231 Å². The van der Waals surface area contributed by atoms with Crippen molar-refractivity contribution in [1.82, 2.24) is 10.2 Å². The van der Waals surface area contributed by atoms with Crippen molar-refractivity contribution in [3.05, 3.63) is 87.6 Å². The lowest BCUT2D eigenvalue weighted by Gasteiger charge is -2.38. The summed E-state index contributed by atoms with van der Waals surface area (Å²) < 4.78 is 14.1. The number of anilines is 2. The van der Waals surface area contributed by atoms with Crippen molar-refractivity contribution in [2.24, 2.45) is 5.73 Å². The molecule has 192 valence electrons. The molecular weight excluding hydrogens is 547 g/mol. The number of Topliss-reactive ketones (excluding diaryl/α,β-unsaturated/α-hetero) is 1. The Bertz CT molecular complexity index is 1510. The molecule has 0 spiro atoms. The van der Waals surface area contributed by atoms with E-state index in [0.717, 1.165) is 0 Å². The summed E-state index contributed by atoms with van der Waals surface area (Å²) in [5.41, 5.74) is 9.11. The number of nitrogens with two attached hydrogens (primary N) is 1. The van der Waals surface area contributed by atoms with Gasteiger partial charge in [-0.1, -0.05) is 46.8 Å². The van der Waals surface area contributed by atoms with E-state index in [4.69, 9.17) is 17.3 Å². The zero-order valence-corrected chi connectivity index (χ0v) is 22.2. The van der Waals surface area contributed by atoms with Crippen LogP contribution in [0.5, 0.6) is 0 Å². The van der Waals surface area contributed by atoms with Gasteiger partial charge in [0.2, 0.25) is 11.0 Å². The van der Waals surface area contributed by atoms with Crippen LogP contribution in [0.25, 0.3) is 0 Å². The third-order valence-electron chi connectivity index (χ3n) is 6.16. The highest BCUT2D eigenvalue weighted by atomic mass is 35.5. The maximum atomic E-state index is 13.6. The van der Waals surface area contributed by atoms with E-state index in [-0.39, 0.29) is 28.8 Å². The number of benzene rings is 2. The first kappa shape index (κ1) is 25.9. The molecule has 38 heavy (non-hydrogen) atoms. The average molecular weight is 567 g/mol. The highest BCUT2D eigenvalue weighted by Crippen LogP contribution is 2.47. The number of hydrogen-bond acceptors (Lipinski definition) is 9. The minimum Gasteiger partial charge on any atom is -0.384 e. The molecule has 1 aliphatic carbocycles. The molecule has 0 fully saturated rings. The van der Waals surface area contributed by atoms with E-state index < -0.39 is 11.7 Å². The lowest BCUT2D eigenvalue weighted by molar-refractivity contribution is -0.116. The smallest absolute Gasteiger partial charge is 0.234 e. The Morgan fingerprint density at radius 1 is 1.21 bits per heavy atom. The van der Waals surface area contributed by atoms with Crippen LogP contribution in [-0.4, -0.2) is 27.6 Å². The standard InChI is InChI=1S/C26H20ClFN6O2S2/c27-15-6-10-17(11-7-15)31-21(36)13-37-26-33-32-25(38-26)34-19-2-1-3-20(35)23(19)22(18(12-29)24(34)30)14-4-8-16(28)9-5-14/h4-11,22H,1-3,13,30H2,(H,31,36). The summed E-state index contributed by atoms with van der Waals surface area (Å²) in [4.78, 5) is 27.2. The summed E-state index contributed by atoms with van der Waals surface area (Å²) in [7, 11) is 0. The quantitative estimate of drug-likeness (QED) is 0.382. The maximum Gasteiger partial charge on any atom is 0.234 e. The van der Waals surface area contributed by atoms with E-state index in [1.807, 2.05) is 0 Å². The minimum atomic E-state index is -0.682. The van der Waals surface area contributed by atoms with Crippen LogP contribution < -0.4 is 16.0 Å². The first-order valence-corrected chi connectivity index (χ1v) is 13.8. The Balaban J connectivity index is 1.41. The number of nitriles is 1. The topological polar surface area (TPSA) is 125 Å². The van der Waals surface area contributed by atoms with Gasteiger partial charge in [0.1, 0.15) is 11.6 Å². The van der Waals surface area contributed by atoms with Gasteiger partial charge < -0.3 is 11.1 Å². The number of nitrogens with zero attached hydrogens (tertiary/aromatic N) is 4. The molecule has 5 rings (SSSR count). The van der Waals surface area contributed by atoms with Crippen LogP contribution in [0.1, 0.15) is 30.7 Å². The Hall–Kier alpha value is -3.72. The van der Waals surface area contributed by atoms with Crippen molar-refractivity contribution >= 4 is 57.2 Å². The number of amides is 1.